The van der Waals surface area contributed by atoms with Gasteiger partial charge in [-0.25, -0.2) is 0 Å². The van der Waals surface area contributed by atoms with Gasteiger partial charge in [0.05, 0.1) is 0 Å². The van der Waals surface area contributed by atoms with E-state index < -0.39 is 0 Å². The summed E-state index contributed by atoms with van der Waals surface area (Å²) in [6, 6.07) is 2.33. The summed E-state index contributed by atoms with van der Waals surface area (Å²) in [4.78, 5) is 4.04. The maximum Gasteiger partial charge on any atom is 0.0299 e. The first-order valence-electron chi connectivity index (χ1n) is 4.39. The van der Waals surface area contributed by atoms with Crippen molar-refractivity contribution in [2.75, 3.05) is 0 Å². The molecule has 12 heavy (non-hydrogen) atoms. The molecule has 1 unspecified atom stereocenters. The monoisotopic (exact) mass is 164 g/mol. The number of hydrogen-bond donors (Lipinski definition) is 1. The third kappa shape index (κ3) is 2.31. The molecule has 1 rings (SSSR count). The van der Waals surface area contributed by atoms with Crippen LogP contribution in [0.1, 0.15) is 24.5 Å². The third-order valence-electron chi connectivity index (χ3n) is 2.14. The van der Waals surface area contributed by atoms with Gasteiger partial charge in [-0.3, -0.25) is 4.98 Å². The van der Waals surface area contributed by atoms with Gasteiger partial charge in [0.2, 0.25) is 0 Å². The predicted octanol–water partition coefficient (Wildman–Crippen LogP) is 1.67. The summed E-state index contributed by atoms with van der Waals surface area (Å²) in [7, 11) is 0. The fraction of sp³-hybridized carbons (Fsp3) is 0.500. The minimum atomic E-state index is 0.283. The van der Waals surface area contributed by atoms with Crippen LogP contribution in [0.2, 0.25) is 0 Å². The maximum atomic E-state index is 5.85. The Kier molecular flexibility index (Phi) is 3.23. The van der Waals surface area contributed by atoms with Crippen LogP contribution in [0.3, 0.4) is 0 Å². The van der Waals surface area contributed by atoms with E-state index >= 15 is 0 Å². The van der Waals surface area contributed by atoms with Gasteiger partial charge in [0.15, 0.2) is 0 Å². The van der Waals surface area contributed by atoms with Crippen molar-refractivity contribution in [3.8, 4) is 0 Å². The topological polar surface area (TPSA) is 38.9 Å². The molecule has 0 saturated carbocycles. The van der Waals surface area contributed by atoms with Crippen LogP contribution in [0.4, 0.5) is 0 Å². The molecule has 2 N–H and O–H groups in total. The number of aromatic nitrogens is 1. The highest BCUT2D eigenvalue weighted by molar-refractivity contribution is 5.22. The second-order valence-electron chi connectivity index (χ2n) is 3.17. The van der Waals surface area contributed by atoms with Gasteiger partial charge >= 0.3 is 0 Å². The van der Waals surface area contributed by atoms with Crippen LogP contribution in [-0.2, 0) is 6.42 Å². The summed E-state index contributed by atoms with van der Waals surface area (Å²) in [5.74, 6) is 0. The van der Waals surface area contributed by atoms with Crippen molar-refractivity contribution in [3.05, 3.63) is 29.6 Å². The lowest BCUT2D eigenvalue weighted by molar-refractivity contribution is 0.644. The van der Waals surface area contributed by atoms with Crippen molar-refractivity contribution >= 4 is 0 Å². The molecule has 1 aromatic heterocycles. The molecule has 0 aliphatic carbocycles. The van der Waals surface area contributed by atoms with Crippen molar-refractivity contribution in [1.29, 1.82) is 0 Å². The van der Waals surface area contributed by atoms with Gasteiger partial charge in [0.25, 0.3) is 0 Å². The SMILES string of the molecule is CCC(N)Cc1ccncc1C. The zero-order valence-corrected chi connectivity index (χ0v) is 7.75. The van der Waals surface area contributed by atoms with E-state index in [2.05, 4.69) is 18.8 Å². The van der Waals surface area contributed by atoms with E-state index in [1.807, 2.05) is 18.5 Å². The third-order valence-corrected chi connectivity index (χ3v) is 2.14. The van der Waals surface area contributed by atoms with E-state index in [0.717, 1.165) is 12.8 Å². The Labute approximate surface area is 73.8 Å². The number of nitrogens with two attached hydrogens (primary N) is 1. The average molecular weight is 164 g/mol. The lowest BCUT2D eigenvalue weighted by Crippen LogP contribution is -2.21. The van der Waals surface area contributed by atoms with Gasteiger partial charge in [0, 0.05) is 18.4 Å². The Bertz CT molecular complexity index is 245. The summed E-state index contributed by atoms with van der Waals surface area (Å²) >= 11 is 0. The van der Waals surface area contributed by atoms with E-state index in [-0.39, 0.29) is 6.04 Å². The quantitative estimate of drug-likeness (QED) is 0.738. The van der Waals surface area contributed by atoms with Crippen LogP contribution in [0, 0.1) is 6.92 Å². The Morgan fingerprint density at radius 3 is 2.92 bits per heavy atom. The second kappa shape index (κ2) is 4.21. The summed E-state index contributed by atoms with van der Waals surface area (Å²) in [6.45, 7) is 4.19. The summed E-state index contributed by atoms with van der Waals surface area (Å²) in [5, 5.41) is 0. The van der Waals surface area contributed by atoms with E-state index in [0.29, 0.717) is 0 Å². The zero-order valence-electron chi connectivity index (χ0n) is 7.75. The molecule has 0 aliphatic rings. The summed E-state index contributed by atoms with van der Waals surface area (Å²) in [5.41, 5.74) is 8.41. The van der Waals surface area contributed by atoms with Crippen LogP contribution >= 0.6 is 0 Å². The molecule has 0 fully saturated rings. The number of aryl methyl sites for hydroxylation is 1. The molecule has 1 atom stereocenters. The molecule has 0 radical (unpaired) electrons. The van der Waals surface area contributed by atoms with Crippen LogP contribution in [0.25, 0.3) is 0 Å². The Hall–Kier alpha value is -0.890. The van der Waals surface area contributed by atoms with Gasteiger partial charge < -0.3 is 5.73 Å². The molecule has 0 amide bonds. The molecule has 1 aromatic rings. The molecule has 0 aliphatic heterocycles. The highest BCUT2D eigenvalue weighted by Gasteiger charge is 2.02. The van der Waals surface area contributed by atoms with Gasteiger partial charge in [-0.05, 0) is 37.0 Å². The lowest BCUT2D eigenvalue weighted by atomic mass is 10.0. The molecule has 0 aromatic carbocycles. The minimum absolute atomic E-state index is 0.283. The Morgan fingerprint density at radius 2 is 2.33 bits per heavy atom. The first-order chi connectivity index (χ1) is 5.74. The normalized spacial score (nSPS) is 12.9. The number of nitrogens with zero attached hydrogens (tertiary/aromatic N) is 1. The Morgan fingerprint density at radius 1 is 1.58 bits per heavy atom. The van der Waals surface area contributed by atoms with Crippen LogP contribution in [0.5, 0.6) is 0 Å². The number of pyridine rings is 1. The molecule has 0 bridgehead atoms. The standard InChI is InChI=1S/C10H16N2/c1-3-10(11)6-9-4-5-12-7-8(9)2/h4-5,7,10H,3,6,11H2,1-2H3. The van der Waals surface area contributed by atoms with Crippen LogP contribution in [0.15, 0.2) is 18.5 Å². The van der Waals surface area contributed by atoms with E-state index in [1.165, 1.54) is 11.1 Å². The summed E-state index contributed by atoms with van der Waals surface area (Å²) in [6.07, 6.45) is 5.70. The average Bonchev–Trinajstić information content (AvgIpc) is 2.09. The van der Waals surface area contributed by atoms with Crippen molar-refractivity contribution in [1.82, 2.24) is 4.98 Å². The Balaban J connectivity index is 2.69. The first kappa shape index (κ1) is 9.20. The van der Waals surface area contributed by atoms with Crippen molar-refractivity contribution in [3.63, 3.8) is 0 Å². The highest BCUT2D eigenvalue weighted by atomic mass is 14.6. The number of rotatable bonds is 3. The maximum absolute atomic E-state index is 5.85. The molecular formula is C10H16N2. The second-order valence-corrected chi connectivity index (χ2v) is 3.17. The molecule has 2 nitrogen and oxygen atoms in total. The van der Waals surface area contributed by atoms with Gasteiger partial charge in [-0.15, -0.1) is 0 Å². The highest BCUT2D eigenvalue weighted by Crippen LogP contribution is 2.08. The minimum Gasteiger partial charge on any atom is -0.327 e. The van der Waals surface area contributed by atoms with Crippen molar-refractivity contribution < 1.29 is 0 Å². The van der Waals surface area contributed by atoms with E-state index in [4.69, 9.17) is 5.73 Å². The van der Waals surface area contributed by atoms with Crippen molar-refractivity contribution in [2.45, 2.75) is 32.7 Å². The summed E-state index contributed by atoms with van der Waals surface area (Å²) < 4.78 is 0. The van der Waals surface area contributed by atoms with E-state index in [9.17, 15) is 0 Å². The largest absolute Gasteiger partial charge is 0.327 e. The smallest absolute Gasteiger partial charge is 0.0299 e. The molecule has 0 spiro atoms. The van der Waals surface area contributed by atoms with E-state index in [1.54, 1.807) is 0 Å². The zero-order chi connectivity index (χ0) is 8.97. The predicted molar refractivity (Wildman–Crippen MR) is 50.9 cm³/mol. The number of hydrogen-bond acceptors (Lipinski definition) is 2. The lowest BCUT2D eigenvalue weighted by Gasteiger charge is -2.09. The van der Waals surface area contributed by atoms with Crippen molar-refractivity contribution in [2.24, 2.45) is 5.73 Å². The molecule has 66 valence electrons. The fourth-order valence-electron chi connectivity index (χ4n) is 1.16. The van der Waals surface area contributed by atoms with Gasteiger partial charge in [0.1, 0.15) is 0 Å². The fourth-order valence-corrected chi connectivity index (χ4v) is 1.16. The van der Waals surface area contributed by atoms with Crippen LogP contribution < -0.4 is 5.73 Å². The van der Waals surface area contributed by atoms with Crippen LogP contribution in [-0.4, -0.2) is 11.0 Å². The molecular weight excluding hydrogens is 148 g/mol. The van der Waals surface area contributed by atoms with Gasteiger partial charge in [-0.1, -0.05) is 6.92 Å². The first-order valence-corrected chi connectivity index (χ1v) is 4.39. The molecule has 0 saturated heterocycles. The van der Waals surface area contributed by atoms with Gasteiger partial charge in [-0.2, -0.15) is 0 Å². The molecule has 1 heterocycles. The molecule has 2 heteroatoms.